The fourth-order valence-corrected chi connectivity index (χ4v) is 1.91. The molecule has 0 saturated heterocycles. The molecule has 0 spiro atoms. The third-order valence-corrected chi connectivity index (χ3v) is 2.93. The Morgan fingerprint density at radius 3 is 2.13 bits per heavy atom. The zero-order valence-corrected chi connectivity index (χ0v) is 10.8. The summed E-state index contributed by atoms with van der Waals surface area (Å²) in [6.45, 7) is 8.18. The van der Waals surface area contributed by atoms with Gasteiger partial charge in [-0.1, -0.05) is 37.3 Å². The van der Waals surface area contributed by atoms with Crippen LogP contribution in [0.3, 0.4) is 0 Å². The maximum absolute atomic E-state index is 2.34. The molecule has 2 heteroatoms. The minimum atomic E-state index is 0. The number of hydrogen-bond acceptors (Lipinski definition) is 0. The van der Waals surface area contributed by atoms with Gasteiger partial charge in [-0.15, -0.1) is 0 Å². The Morgan fingerprint density at radius 2 is 1.67 bits per heavy atom. The van der Waals surface area contributed by atoms with Crippen LogP contribution in [0.25, 0.3) is 0 Å². The van der Waals surface area contributed by atoms with Gasteiger partial charge in [0.05, 0.1) is 20.1 Å². The Bertz CT molecular complexity index is 260. The lowest BCUT2D eigenvalue weighted by Gasteiger charge is -2.33. The second kappa shape index (κ2) is 6.86. The summed E-state index contributed by atoms with van der Waals surface area (Å²) in [6, 6.07) is 10.8. The van der Waals surface area contributed by atoms with Crippen LogP contribution in [0.1, 0.15) is 25.8 Å². The predicted molar refractivity (Wildman–Crippen MR) is 62.0 cm³/mol. The van der Waals surface area contributed by atoms with Crippen LogP contribution in [0.4, 0.5) is 0 Å². The molecule has 0 fully saturated rings. The van der Waals surface area contributed by atoms with Gasteiger partial charge in [-0.2, -0.15) is 0 Å². The lowest BCUT2D eigenvalue weighted by molar-refractivity contribution is -0.921. The number of rotatable bonds is 5. The van der Waals surface area contributed by atoms with E-state index < -0.39 is 0 Å². The number of quaternary nitrogens is 1. The molecule has 0 saturated carbocycles. The maximum Gasteiger partial charge on any atom is 0.104 e. The van der Waals surface area contributed by atoms with Crippen molar-refractivity contribution in [3.63, 3.8) is 0 Å². The number of benzene rings is 1. The van der Waals surface area contributed by atoms with Gasteiger partial charge in [0.25, 0.3) is 0 Å². The normalized spacial score (nSPS) is 14.1. The van der Waals surface area contributed by atoms with Gasteiger partial charge in [-0.05, 0) is 13.3 Å². The van der Waals surface area contributed by atoms with E-state index in [9.17, 15) is 0 Å². The third kappa shape index (κ3) is 4.67. The van der Waals surface area contributed by atoms with Crippen LogP contribution in [0, 0.1) is 0 Å². The highest BCUT2D eigenvalue weighted by molar-refractivity contribution is 5.13. The van der Waals surface area contributed by atoms with Crippen LogP contribution in [-0.2, 0) is 6.54 Å². The molecule has 1 unspecified atom stereocenters. The average Bonchev–Trinajstić information content (AvgIpc) is 2.20. The molecule has 0 amide bonds. The first-order chi connectivity index (χ1) is 6.70. The van der Waals surface area contributed by atoms with Crippen molar-refractivity contribution in [2.75, 3.05) is 20.1 Å². The standard InChI is InChI=1S/C13H22N.ClH/c1-4-11-14(3,5-2)12-13-9-7-6-8-10-13;/h6-10H,4-5,11-12H2,1-3H3;1H/q+1;/p-1. The lowest BCUT2D eigenvalue weighted by atomic mass is 10.2. The first-order valence-electron chi connectivity index (χ1n) is 5.57. The average molecular weight is 228 g/mol. The molecule has 0 aliphatic carbocycles. The van der Waals surface area contributed by atoms with E-state index in [0.717, 1.165) is 11.0 Å². The Balaban J connectivity index is 0.00000196. The Labute approximate surface area is 100 Å². The van der Waals surface area contributed by atoms with Gasteiger partial charge in [-0.3, -0.25) is 0 Å². The molecule has 15 heavy (non-hydrogen) atoms. The van der Waals surface area contributed by atoms with Crippen LogP contribution < -0.4 is 12.4 Å². The smallest absolute Gasteiger partial charge is 0.104 e. The lowest BCUT2D eigenvalue weighted by Crippen LogP contribution is -3.00. The number of hydrogen-bond donors (Lipinski definition) is 0. The van der Waals surface area contributed by atoms with Gasteiger partial charge in [0.2, 0.25) is 0 Å². The Hall–Kier alpha value is -0.530. The van der Waals surface area contributed by atoms with E-state index in [4.69, 9.17) is 0 Å². The molecule has 0 N–H and O–H groups in total. The first-order valence-corrected chi connectivity index (χ1v) is 5.57. The summed E-state index contributed by atoms with van der Waals surface area (Å²) in [5.74, 6) is 0. The van der Waals surface area contributed by atoms with Gasteiger partial charge in [0.1, 0.15) is 6.54 Å². The third-order valence-electron chi connectivity index (χ3n) is 2.93. The summed E-state index contributed by atoms with van der Waals surface area (Å²) in [5, 5.41) is 0. The van der Waals surface area contributed by atoms with E-state index in [0.29, 0.717) is 0 Å². The largest absolute Gasteiger partial charge is 1.00 e. The summed E-state index contributed by atoms with van der Waals surface area (Å²) in [6.07, 6.45) is 1.26. The highest BCUT2D eigenvalue weighted by Gasteiger charge is 2.17. The van der Waals surface area contributed by atoms with Crippen LogP contribution >= 0.6 is 0 Å². The van der Waals surface area contributed by atoms with Gasteiger partial charge >= 0.3 is 0 Å². The topological polar surface area (TPSA) is 0 Å². The first kappa shape index (κ1) is 14.5. The SMILES string of the molecule is CCC[N+](C)(CC)Cc1ccccc1.[Cl-]. The molecule has 1 rings (SSSR count). The van der Waals surface area contributed by atoms with E-state index in [2.05, 4.69) is 51.2 Å². The minimum absolute atomic E-state index is 0. The quantitative estimate of drug-likeness (QED) is 0.625. The molecule has 0 heterocycles. The summed E-state index contributed by atoms with van der Waals surface area (Å²) >= 11 is 0. The van der Waals surface area contributed by atoms with Gasteiger partial charge in [-0.25, -0.2) is 0 Å². The highest BCUT2D eigenvalue weighted by atomic mass is 35.5. The second-order valence-electron chi connectivity index (χ2n) is 4.30. The highest BCUT2D eigenvalue weighted by Crippen LogP contribution is 2.11. The summed E-state index contributed by atoms with van der Waals surface area (Å²) in [7, 11) is 2.34. The molecule has 1 aromatic carbocycles. The van der Waals surface area contributed by atoms with Gasteiger partial charge in [0.15, 0.2) is 0 Å². The van der Waals surface area contributed by atoms with Crippen molar-refractivity contribution in [2.45, 2.75) is 26.8 Å². The predicted octanol–water partition coefficient (Wildman–Crippen LogP) is 0.0671. The van der Waals surface area contributed by atoms with Crippen molar-refractivity contribution in [2.24, 2.45) is 0 Å². The minimum Gasteiger partial charge on any atom is -1.00 e. The fraction of sp³-hybridized carbons (Fsp3) is 0.538. The van der Waals surface area contributed by atoms with Crippen LogP contribution in [0.15, 0.2) is 30.3 Å². The second-order valence-corrected chi connectivity index (χ2v) is 4.30. The van der Waals surface area contributed by atoms with E-state index in [1.165, 1.54) is 25.1 Å². The molecule has 1 atom stereocenters. The van der Waals surface area contributed by atoms with Crippen molar-refractivity contribution in [1.29, 1.82) is 0 Å². The zero-order chi connectivity index (χ0) is 10.4. The van der Waals surface area contributed by atoms with Crippen molar-refractivity contribution in [1.82, 2.24) is 0 Å². The Morgan fingerprint density at radius 1 is 1.07 bits per heavy atom. The summed E-state index contributed by atoms with van der Waals surface area (Å²) in [4.78, 5) is 0. The van der Waals surface area contributed by atoms with Crippen molar-refractivity contribution in [3.8, 4) is 0 Å². The van der Waals surface area contributed by atoms with Gasteiger partial charge in [0, 0.05) is 5.56 Å². The summed E-state index contributed by atoms with van der Waals surface area (Å²) in [5.41, 5.74) is 1.45. The molecular weight excluding hydrogens is 206 g/mol. The Kier molecular flexibility index (Phi) is 6.62. The fourth-order valence-electron chi connectivity index (χ4n) is 1.91. The molecule has 0 aromatic heterocycles. The van der Waals surface area contributed by atoms with Crippen LogP contribution in [0.2, 0.25) is 0 Å². The number of halogens is 1. The van der Waals surface area contributed by atoms with E-state index in [1.807, 2.05) is 0 Å². The zero-order valence-electron chi connectivity index (χ0n) is 10.0. The molecule has 86 valence electrons. The van der Waals surface area contributed by atoms with Crippen molar-refractivity contribution in [3.05, 3.63) is 35.9 Å². The molecule has 0 aliphatic heterocycles. The van der Waals surface area contributed by atoms with Crippen LogP contribution in [0.5, 0.6) is 0 Å². The van der Waals surface area contributed by atoms with Crippen LogP contribution in [-0.4, -0.2) is 24.6 Å². The monoisotopic (exact) mass is 227 g/mol. The molecule has 0 aliphatic rings. The van der Waals surface area contributed by atoms with Crippen molar-refractivity contribution >= 4 is 0 Å². The number of nitrogens with zero attached hydrogens (tertiary/aromatic N) is 1. The molecule has 0 bridgehead atoms. The van der Waals surface area contributed by atoms with E-state index >= 15 is 0 Å². The molecule has 1 nitrogen and oxygen atoms in total. The van der Waals surface area contributed by atoms with E-state index in [1.54, 1.807) is 0 Å². The van der Waals surface area contributed by atoms with Gasteiger partial charge < -0.3 is 16.9 Å². The maximum atomic E-state index is 2.34. The molecule has 1 aromatic rings. The van der Waals surface area contributed by atoms with E-state index in [-0.39, 0.29) is 12.4 Å². The molecule has 0 radical (unpaired) electrons. The van der Waals surface area contributed by atoms with Crippen molar-refractivity contribution < 1.29 is 16.9 Å². The summed E-state index contributed by atoms with van der Waals surface area (Å²) < 4.78 is 1.15. The molecular formula is C13H22ClN.